The number of carbonyl (C=O) groups excluding carboxylic acids is 2. The molecule has 1 atom stereocenters. The van der Waals surface area contributed by atoms with Crippen molar-refractivity contribution in [2.75, 3.05) is 11.9 Å². The van der Waals surface area contributed by atoms with Crippen LogP contribution in [0.4, 0.5) is 5.69 Å². The van der Waals surface area contributed by atoms with Gasteiger partial charge in [-0.2, -0.15) is 0 Å². The molecule has 0 spiro atoms. The Kier molecular flexibility index (Phi) is 5.32. The summed E-state index contributed by atoms with van der Waals surface area (Å²) in [4.78, 5) is 22.6. The second-order valence-electron chi connectivity index (χ2n) is 4.02. The van der Waals surface area contributed by atoms with Crippen molar-refractivity contribution < 1.29 is 14.7 Å². The summed E-state index contributed by atoms with van der Waals surface area (Å²) < 4.78 is 0. The van der Waals surface area contributed by atoms with E-state index in [0.717, 1.165) is 0 Å². The highest BCUT2D eigenvalue weighted by Gasteiger charge is 2.10. The van der Waals surface area contributed by atoms with E-state index in [9.17, 15) is 9.59 Å². The molecule has 18 heavy (non-hydrogen) atoms. The van der Waals surface area contributed by atoms with Gasteiger partial charge in [0.05, 0.1) is 12.6 Å². The summed E-state index contributed by atoms with van der Waals surface area (Å²) >= 11 is 0. The molecule has 0 aliphatic carbocycles. The molecule has 0 aromatic heterocycles. The lowest BCUT2D eigenvalue weighted by Crippen LogP contribution is -2.36. The fourth-order valence-electron chi connectivity index (χ4n) is 1.45. The summed E-state index contributed by atoms with van der Waals surface area (Å²) in [5.74, 6) is -0.385. The van der Waals surface area contributed by atoms with Crippen LogP contribution in [0, 0.1) is 0 Å². The molecule has 2 amide bonds. The van der Waals surface area contributed by atoms with Gasteiger partial charge in [0.1, 0.15) is 0 Å². The van der Waals surface area contributed by atoms with Crippen molar-refractivity contribution in [3.63, 3.8) is 0 Å². The third-order valence-corrected chi connectivity index (χ3v) is 2.52. The van der Waals surface area contributed by atoms with Crippen LogP contribution in [-0.2, 0) is 4.79 Å². The van der Waals surface area contributed by atoms with E-state index in [2.05, 4.69) is 10.6 Å². The van der Waals surface area contributed by atoms with Gasteiger partial charge in [-0.05, 0) is 30.7 Å². The van der Waals surface area contributed by atoms with Crippen LogP contribution in [0.5, 0.6) is 0 Å². The van der Waals surface area contributed by atoms with Crippen molar-refractivity contribution in [3.8, 4) is 0 Å². The average Bonchev–Trinajstić information content (AvgIpc) is 2.35. The molecule has 1 rings (SSSR count). The van der Waals surface area contributed by atoms with E-state index in [1.165, 1.54) is 6.92 Å². The molecule has 0 aliphatic rings. The first-order valence-corrected chi connectivity index (χ1v) is 5.86. The number of hydrogen-bond acceptors (Lipinski definition) is 3. The van der Waals surface area contributed by atoms with E-state index in [-0.39, 0.29) is 24.5 Å². The van der Waals surface area contributed by atoms with E-state index in [1.54, 1.807) is 24.3 Å². The van der Waals surface area contributed by atoms with E-state index >= 15 is 0 Å². The minimum absolute atomic E-state index is 0.0772. The third kappa shape index (κ3) is 4.18. The van der Waals surface area contributed by atoms with Gasteiger partial charge in [-0.15, -0.1) is 0 Å². The number of nitrogens with one attached hydrogen (secondary N) is 2. The zero-order valence-electron chi connectivity index (χ0n) is 10.6. The fourth-order valence-corrected chi connectivity index (χ4v) is 1.45. The van der Waals surface area contributed by atoms with Crippen LogP contribution in [0.3, 0.4) is 0 Å². The highest BCUT2D eigenvalue weighted by Crippen LogP contribution is 2.09. The molecular formula is C13H18N2O3. The average molecular weight is 250 g/mol. The SMILES string of the molecule is CC[C@H](CO)NC(=O)c1ccc(NC(C)=O)cc1. The monoisotopic (exact) mass is 250 g/mol. The van der Waals surface area contributed by atoms with Gasteiger partial charge >= 0.3 is 0 Å². The number of hydrogen-bond donors (Lipinski definition) is 3. The van der Waals surface area contributed by atoms with Crippen LogP contribution >= 0.6 is 0 Å². The Morgan fingerprint density at radius 2 is 1.89 bits per heavy atom. The highest BCUT2D eigenvalue weighted by atomic mass is 16.3. The summed E-state index contributed by atoms with van der Waals surface area (Å²) in [7, 11) is 0. The second-order valence-corrected chi connectivity index (χ2v) is 4.02. The molecule has 0 radical (unpaired) electrons. The number of aliphatic hydroxyl groups is 1. The molecule has 0 saturated carbocycles. The maximum Gasteiger partial charge on any atom is 0.251 e. The van der Waals surface area contributed by atoms with Crippen molar-refractivity contribution in [3.05, 3.63) is 29.8 Å². The number of aliphatic hydroxyl groups excluding tert-OH is 1. The first kappa shape index (κ1) is 14.2. The van der Waals surface area contributed by atoms with Gasteiger partial charge in [-0.1, -0.05) is 6.92 Å². The Bertz CT molecular complexity index is 411. The van der Waals surface area contributed by atoms with Gasteiger partial charge in [0, 0.05) is 18.2 Å². The van der Waals surface area contributed by atoms with Gasteiger partial charge < -0.3 is 15.7 Å². The smallest absolute Gasteiger partial charge is 0.251 e. The number of rotatable bonds is 5. The number of amides is 2. The van der Waals surface area contributed by atoms with Crippen molar-refractivity contribution in [2.24, 2.45) is 0 Å². The van der Waals surface area contributed by atoms with E-state index in [1.807, 2.05) is 6.92 Å². The molecule has 5 nitrogen and oxygen atoms in total. The molecule has 98 valence electrons. The van der Waals surface area contributed by atoms with Gasteiger partial charge in [0.15, 0.2) is 0 Å². The van der Waals surface area contributed by atoms with Crippen LogP contribution in [0.1, 0.15) is 30.6 Å². The first-order chi connectivity index (χ1) is 8.56. The number of benzene rings is 1. The zero-order chi connectivity index (χ0) is 13.5. The minimum Gasteiger partial charge on any atom is -0.394 e. The lowest BCUT2D eigenvalue weighted by atomic mass is 10.1. The summed E-state index contributed by atoms with van der Waals surface area (Å²) in [5.41, 5.74) is 1.14. The maximum atomic E-state index is 11.8. The lowest BCUT2D eigenvalue weighted by molar-refractivity contribution is -0.114. The van der Waals surface area contributed by atoms with Gasteiger partial charge in [0.2, 0.25) is 5.91 Å². The Morgan fingerprint density at radius 3 is 2.33 bits per heavy atom. The van der Waals surface area contributed by atoms with Crippen LogP contribution in [0.15, 0.2) is 24.3 Å². The van der Waals surface area contributed by atoms with Gasteiger partial charge in [-0.3, -0.25) is 9.59 Å². The topological polar surface area (TPSA) is 78.4 Å². The molecule has 1 aromatic rings. The minimum atomic E-state index is -0.231. The summed E-state index contributed by atoms with van der Waals surface area (Å²) in [5, 5.41) is 14.3. The van der Waals surface area contributed by atoms with Crippen LogP contribution in [-0.4, -0.2) is 29.6 Å². The number of anilines is 1. The molecule has 0 aliphatic heterocycles. The molecule has 3 N–H and O–H groups in total. The normalized spacial score (nSPS) is 11.7. The second kappa shape index (κ2) is 6.76. The van der Waals surface area contributed by atoms with Gasteiger partial charge in [0.25, 0.3) is 5.91 Å². The van der Waals surface area contributed by atoms with Crippen LogP contribution in [0.2, 0.25) is 0 Å². The van der Waals surface area contributed by atoms with Crippen LogP contribution < -0.4 is 10.6 Å². The van der Waals surface area contributed by atoms with E-state index < -0.39 is 0 Å². The molecule has 0 unspecified atom stereocenters. The Hall–Kier alpha value is -1.88. The summed E-state index contributed by atoms with van der Waals surface area (Å²) in [6, 6.07) is 6.36. The summed E-state index contributed by atoms with van der Waals surface area (Å²) in [6.45, 7) is 3.24. The van der Waals surface area contributed by atoms with Crippen LogP contribution in [0.25, 0.3) is 0 Å². The summed E-state index contributed by atoms with van der Waals surface area (Å²) in [6.07, 6.45) is 0.673. The third-order valence-electron chi connectivity index (χ3n) is 2.52. The molecular weight excluding hydrogens is 232 g/mol. The van der Waals surface area contributed by atoms with E-state index in [0.29, 0.717) is 17.7 Å². The van der Waals surface area contributed by atoms with Crippen molar-refractivity contribution in [2.45, 2.75) is 26.3 Å². The Labute approximate surface area is 106 Å². The molecule has 0 fully saturated rings. The molecule has 1 aromatic carbocycles. The predicted octanol–water partition coefficient (Wildman–Crippen LogP) is 1.15. The quantitative estimate of drug-likeness (QED) is 0.733. The molecule has 0 heterocycles. The Balaban J connectivity index is 2.67. The zero-order valence-corrected chi connectivity index (χ0v) is 10.6. The van der Waals surface area contributed by atoms with E-state index in [4.69, 9.17) is 5.11 Å². The first-order valence-electron chi connectivity index (χ1n) is 5.86. The molecule has 0 saturated heterocycles. The van der Waals surface area contributed by atoms with Crippen molar-refractivity contribution in [1.82, 2.24) is 5.32 Å². The Morgan fingerprint density at radius 1 is 1.28 bits per heavy atom. The molecule has 0 bridgehead atoms. The fraction of sp³-hybridized carbons (Fsp3) is 0.385. The van der Waals surface area contributed by atoms with Gasteiger partial charge in [-0.25, -0.2) is 0 Å². The largest absolute Gasteiger partial charge is 0.394 e. The molecule has 5 heteroatoms. The number of carbonyl (C=O) groups is 2. The van der Waals surface area contributed by atoms with Crippen molar-refractivity contribution in [1.29, 1.82) is 0 Å². The van der Waals surface area contributed by atoms with Crippen molar-refractivity contribution >= 4 is 17.5 Å². The lowest BCUT2D eigenvalue weighted by Gasteiger charge is -2.14. The standard InChI is InChI=1S/C13H18N2O3/c1-3-11(8-16)15-13(18)10-4-6-12(7-5-10)14-9(2)17/h4-7,11,16H,3,8H2,1-2H3,(H,14,17)(H,15,18)/t11-/m1/s1. The maximum absolute atomic E-state index is 11.8. The highest BCUT2D eigenvalue weighted by molar-refractivity contribution is 5.95. The predicted molar refractivity (Wildman–Crippen MR) is 69.4 cm³/mol.